The first-order valence-corrected chi connectivity index (χ1v) is 4.66. The van der Waals surface area contributed by atoms with E-state index in [0.29, 0.717) is 6.61 Å². The van der Waals surface area contributed by atoms with Gasteiger partial charge in [0.05, 0.1) is 5.54 Å². The molecule has 0 amide bonds. The monoisotopic (exact) mass is 177 g/mol. The fraction of sp³-hybridized carbons (Fsp3) is 0.455. The molecule has 13 heavy (non-hydrogen) atoms. The summed E-state index contributed by atoms with van der Waals surface area (Å²) in [4.78, 5) is 0. The summed E-state index contributed by atoms with van der Waals surface area (Å²) in [5.41, 5.74) is 7.13. The zero-order valence-corrected chi connectivity index (χ0v) is 7.92. The van der Waals surface area contributed by atoms with E-state index in [1.807, 2.05) is 24.3 Å². The molecule has 0 radical (unpaired) electrons. The Hall–Kier alpha value is -1.02. The zero-order chi connectivity index (χ0) is 9.31. The number of ether oxygens (including phenoxy) is 1. The number of rotatable bonds is 3. The maximum absolute atomic E-state index is 5.90. The van der Waals surface area contributed by atoms with E-state index in [0.717, 1.165) is 18.6 Å². The van der Waals surface area contributed by atoms with Gasteiger partial charge in [0.2, 0.25) is 0 Å². The van der Waals surface area contributed by atoms with Crippen molar-refractivity contribution in [3.05, 3.63) is 29.8 Å². The minimum atomic E-state index is -0.0229. The van der Waals surface area contributed by atoms with E-state index >= 15 is 0 Å². The van der Waals surface area contributed by atoms with Crippen LogP contribution in [0.25, 0.3) is 0 Å². The molecule has 70 valence electrons. The van der Waals surface area contributed by atoms with Gasteiger partial charge in [-0.2, -0.15) is 0 Å². The van der Waals surface area contributed by atoms with Crippen molar-refractivity contribution in [3.63, 3.8) is 0 Å². The molecule has 1 aromatic rings. The summed E-state index contributed by atoms with van der Waals surface area (Å²) in [5.74, 6) is 0.919. The summed E-state index contributed by atoms with van der Waals surface area (Å²) in [6.45, 7) is 2.71. The average Bonchev–Trinajstić information content (AvgIpc) is 2.84. The standard InChI is InChI=1S/C11H15NO/c1-9-2-4-10(5-3-9)13-8-11(12)6-7-11/h2-5H,6-8,12H2,1H3. The van der Waals surface area contributed by atoms with Crippen LogP contribution >= 0.6 is 0 Å². The van der Waals surface area contributed by atoms with Crippen molar-refractivity contribution in [1.29, 1.82) is 0 Å². The highest BCUT2D eigenvalue weighted by Crippen LogP contribution is 2.32. The number of hydrogen-bond donors (Lipinski definition) is 1. The second-order valence-electron chi connectivity index (χ2n) is 3.96. The minimum Gasteiger partial charge on any atom is -0.492 e. The summed E-state index contributed by atoms with van der Waals surface area (Å²) in [6.07, 6.45) is 2.19. The van der Waals surface area contributed by atoms with Crippen molar-refractivity contribution < 1.29 is 4.74 Å². The molecule has 0 aromatic heterocycles. The maximum Gasteiger partial charge on any atom is 0.119 e. The fourth-order valence-corrected chi connectivity index (χ4v) is 1.17. The molecule has 0 unspecified atom stereocenters. The first-order chi connectivity index (χ1) is 6.18. The van der Waals surface area contributed by atoms with E-state index in [4.69, 9.17) is 10.5 Å². The van der Waals surface area contributed by atoms with Gasteiger partial charge in [-0.3, -0.25) is 0 Å². The van der Waals surface area contributed by atoms with Crippen LogP contribution in [-0.2, 0) is 0 Å². The van der Waals surface area contributed by atoms with Gasteiger partial charge in [-0.1, -0.05) is 17.7 Å². The van der Waals surface area contributed by atoms with Gasteiger partial charge in [-0.15, -0.1) is 0 Å². The first-order valence-electron chi connectivity index (χ1n) is 4.66. The van der Waals surface area contributed by atoms with E-state index in [9.17, 15) is 0 Å². The van der Waals surface area contributed by atoms with E-state index in [1.165, 1.54) is 5.56 Å². The van der Waals surface area contributed by atoms with Crippen molar-refractivity contribution in [1.82, 2.24) is 0 Å². The number of aryl methyl sites for hydroxylation is 1. The molecule has 2 nitrogen and oxygen atoms in total. The van der Waals surface area contributed by atoms with Crippen LogP contribution in [0.2, 0.25) is 0 Å². The third-order valence-corrected chi connectivity index (χ3v) is 2.44. The molecule has 0 aliphatic heterocycles. The van der Waals surface area contributed by atoms with E-state index in [1.54, 1.807) is 0 Å². The number of hydrogen-bond acceptors (Lipinski definition) is 2. The smallest absolute Gasteiger partial charge is 0.119 e. The molecular weight excluding hydrogens is 162 g/mol. The van der Waals surface area contributed by atoms with E-state index in [2.05, 4.69) is 6.92 Å². The van der Waals surface area contributed by atoms with Crippen LogP contribution < -0.4 is 10.5 Å². The van der Waals surface area contributed by atoms with Crippen LogP contribution in [0.15, 0.2) is 24.3 Å². The molecule has 0 spiro atoms. The molecule has 0 bridgehead atoms. The molecule has 0 saturated heterocycles. The van der Waals surface area contributed by atoms with Crippen molar-refractivity contribution >= 4 is 0 Å². The second-order valence-corrected chi connectivity index (χ2v) is 3.96. The van der Waals surface area contributed by atoms with Gasteiger partial charge < -0.3 is 10.5 Å². The van der Waals surface area contributed by atoms with Gasteiger partial charge in [0, 0.05) is 0 Å². The predicted molar refractivity (Wildman–Crippen MR) is 52.8 cm³/mol. The van der Waals surface area contributed by atoms with Gasteiger partial charge in [0.1, 0.15) is 12.4 Å². The topological polar surface area (TPSA) is 35.2 Å². The lowest BCUT2D eigenvalue weighted by atomic mass is 10.2. The average molecular weight is 177 g/mol. The Labute approximate surface area is 78.7 Å². The summed E-state index contributed by atoms with van der Waals surface area (Å²) < 4.78 is 5.56. The van der Waals surface area contributed by atoms with Crippen LogP contribution in [0.4, 0.5) is 0 Å². The van der Waals surface area contributed by atoms with Crippen molar-refractivity contribution in [2.24, 2.45) is 5.73 Å². The Morgan fingerprint density at radius 2 is 1.92 bits per heavy atom. The Kier molecular flexibility index (Phi) is 2.00. The van der Waals surface area contributed by atoms with E-state index < -0.39 is 0 Å². The molecule has 2 N–H and O–H groups in total. The summed E-state index contributed by atoms with van der Waals surface area (Å²) in [5, 5.41) is 0. The quantitative estimate of drug-likeness (QED) is 0.765. The fourth-order valence-electron chi connectivity index (χ4n) is 1.17. The molecule has 1 saturated carbocycles. The van der Waals surface area contributed by atoms with Crippen LogP contribution in [0.3, 0.4) is 0 Å². The molecule has 0 heterocycles. The SMILES string of the molecule is Cc1ccc(OCC2(N)CC2)cc1. The van der Waals surface area contributed by atoms with Crippen molar-refractivity contribution in [2.75, 3.05) is 6.61 Å². The number of nitrogens with two attached hydrogens (primary N) is 1. The molecule has 1 fully saturated rings. The van der Waals surface area contributed by atoms with Gasteiger partial charge in [-0.25, -0.2) is 0 Å². The predicted octanol–water partition coefficient (Wildman–Crippen LogP) is 1.87. The lowest BCUT2D eigenvalue weighted by Gasteiger charge is -2.10. The first kappa shape index (κ1) is 8.57. The maximum atomic E-state index is 5.90. The van der Waals surface area contributed by atoms with E-state index in [-0.39, 0.29) is 5.54 Å². The highest BCUT2D eigenvalue weighted by Gasteiger charge is 2.38. The molecule has 2 heteroatoms. The lowest BCUT2D eigenvalue weighted by molar-refractivity contribution is 0.279. The normalized spacial score (nSPS) is 18.3. The van der Waals surface area contributed by atoms with Crippen LogP contribution in [0, 0.1) is 6.92 Å². The molecule has 0 atom stereocenters. The minimum absolute atomic E-state index is 0.0229. The lowest BCUT2D eigenvalue weighted by Crippen LogP contribution is -2.29. The summed E-state index contributed by atoms with van der Waals surface area (Å²) >= 11 is 0. The molecular formula is C11H15NO. The van der Waals surface area contributed by atoms with Crippen molar-refractivity contribution in [3.8, 4) is 5.75 Å². The number of benzene rings is 1. The largest absolute Gasteiger partial charge is 0.492 e. The van der Waals surface area contributed by atoms with Crippen molar-refractivity contribution in [2.45, 2.75) is 25.3 Å². The highest BCUT2D eigenvalue weighted by atomic mass is 16.5. The Balaban J connectivity index is 1.91. The van der Waals surface area contributed by atoms with Crippen LogP contribution in [0.1, 0.15) is 18.4 Å². The van der Waals surface area contributed by atoms with Crippen LogP contribution in [0.5, 0.6) is 5.75 Å². The molecule has 1 aliphatic carbocycles. The van der Waals surface area contributed by atoms with Gasteiger partial charge in [0.15, 0.2) is 0 Å². The van der Waals surface area contributed by atoms with Gasteiger partial charge >= 0.3 is 0 Å². The Bertz CT molecular complexity index is 287. The molecule has 1 aliphatic rings. The van der Waals surface area contributed by atoms with Gasteiger partial charge in [-0.05, 0) is 31.9 Å². The third kappa shape index (κ3) is 2.22. The van der Waals surface area contributed by atoms with Crippen LogP contribution in [-0.4, -0.2) is 12.1 Å². The molecule has 2 rings (SSSR count). The third-order valence-electron chi connectivity index (χ3n) is 2.44. The second kappa shape index (κ2) is 3.04. The zero-order valence-electron chi connectivity index (χ0n) is 7.92. The summed E-state index contributed by atoms with van der Waals surface area (Å²) in [7, 11) is 0. The van der Waals surface area contributed by atoms with Gasteiger partial charge in [0.25, 0.3) is 0 Å². The highest BCUT2D eigenvalue weighted by molar-refractivity contribution is 5.26. The Morgan fingerprint density at radius 1 is 1.31 bits per heavy atom. The summed E-state index contributed by atoms with van der Waals surface area (Å²) in [6, 6.07) is 8.07. The molecule has 1 aromatic carbocycles. The Morgan fingerprint density at radius 3 is 2.46 bits per heavy atom.